The van der Waals surface area contributed by atoms with Crippen molar-refractivity contribution in [2.45, 2.75) is 13.1 Å². The van der Waals surface area contributed by atoms with Gasteiger partial charge in [0.25, 0.3) is 0 Å². The summed E-state index contributed by atoms with van der Waals surface area (Å²) in [6.45, 7) is 1.57. The van der Waals surface area contributed by atoms with E-state index < -0.39 is 0 Å². The molecule has 0 aliphatic carbocycles. The van der Waals surface area contributed by atoms with E-state index in [0.29, 0.717) is 13.1 Å². The van der Waals surface area contributed by atoms with Crippen molar-refractivity contribution in [3.63, 3.8) is 0 Å². The van der Waals surface area contributed by atoms with Crippen LogP contribution in [0.2, 0.25) is 0 Å². The van der Waals surface area contributed by atoms with E-state index >= 15 is 0 Å². The highest BCUT2D eigenvalue weighted by atomic mass is 16.7. The van der Waals surface area contributed by atoms with Gasteiger partial charge in [-0.25, -0.2) is 0 Å². The third-order valence-corrected chi connectivity index (χ3v) is 2.89. The highest BCUT2D eigenvalue weighted by Crippen LogP contribution is 2.34. The van der Waals surface area contributed by atoms with Gasteiger partial charge >= 0.3 is 0 Å². The minimum atomic E-state index is 0.0940. The Morgan fingerprint density at radius 3 is 3.11 bits per heavy atom. The lowest BCUT2D eigenvalue weighted by Crippen LogP contribution is -2.02. The first-order chi connectivity index (χ1) is 9.35. The Labute approximate surface area is 110 Å². The second kappa shape index (κ2) is 5.19. The molecule has 0 fully saturated rings. The normalized spacial score (nSPS) is 12.7. The molecule has 1 aliphatic rings. The van der Waals surface area contributed by atoms with Gasteiger partial charge in [0, 0.05) is 30.1 Å². The Morgan fingerprint density at radius 1 is 1.32 bits per heavy atom. The van der Waals surface area contributed by atoms with Crippen molar-refractivity contribution in [1.29, 1.82) is 0 Å². The van der Waals surface area contributed by atoms with Crippen LogP contribution in [-0.4, -0.2) is 28.3 Å². The van der Waals surface area contributed by atoms with Crippen LogP contribution in [-0.2, 0) is 13.1 Å². The predicted molar refractivity (Wildman–Crippen MR) is 69.2 cm³/mol. The molecule has 0 saturated heterocycles. The van der Waals surface area contributed by atoms with Crippen LogP contribution in [0.3, 0.4) is 0 Å². The van der Waals surface area contributed by atoms with Crippen LogP contribution in [0.5, 0.6) is 11.5 Å². The number of ether oxygens (including phenoxy) is 2. The number of rotatable bonds is 5. The molecule has 2 heterocycles. The molecule has 0 radical (unpaired) electrons. The van der Waals surface area contributed by atoms with E-state index in [1.165, 1.54) is 0 Å². The Morgan fingerprint density at radius 2 is 2.21 bits per heavy atom. The van der Waals surface area contributed by atoms with Crippen LogP contribution in [0, 0.1) is 0 Å². The summed E-state index contributed by atoms with van der Waals surface area (Å²) in [6.07, 6.45) is 3.70. The quantitative estimate of drug-likeness (QED) is 0.847. The standard InChI is InChI=1S/C13H15N3O3/c17-4-3-16-8-10(7-15-16)6-14-11-1-2-12-13(5-11)19-9-18-12/h1-2,5,7-8,14,17H,3-4,6,9H2. The first-order valence-corrected chi connectivity index (χ1v) is 6.11. The molecule has 2 N–H and O–H groups in total. The van der Waals surface area contributed by atoms with E-state index in [1.807, 2.05) is 24.4 Å². The van der Waals surface area contributed by atoms with Gasteiger partial charge in [-0.2, -0.15) is 5.10 Å². The average molecular weight is 261 g/mol. The Balaban J connectivity index is 1.62. The molecule has 19 heavy (non-hydrogen) atoms. The maximum Gasteiger partial charge on any atom is 0.231 e. The highest BCUT2D eigenvalue weighted by Gasteiger charge is 2.12. The molecule has 6 heteroatoms. The zero-order valence-corrected chi connectivity index (χ0v) is 10.4. The number of anilines is 1. The van der Waals surface area contributed by atoms with E-state index in [0.717, 1.165) is 22.7 Å². The van der Waals surface area contributed by atoms with E-state index in [1.54, 1.807) is 10.9 Å². The number of nitrogens with one attached hydrogen (secondary N) is 1. The van der Waals surface area contributed by atoms with Crippen molar-refractivity contribution in [2.24, 2.45) is 0 Å². The molecular weight excluding hydrogens is 246 g/mol. The van der Waals surface area contributed by atoms with Crippen LogP contribution in [0.15, 0.2) is 30.6 Å². The van der Waals surface area contributed by atoms with Gasteiger partial charge in [-0.15, -0.1) is 0 Å². The smallest absolute Gasteiger partial charge is 0.231 e. The summed E-state index contributed by atoms with van der Waals surface area (Å²) in [6, 6.07) is 5.76. The van der Waals surface area contributed by atoms with Crippen LogP contribution in [0.1, 0.15) is 5.56 Å². The van der Waals surface area contributed by atoms with E-state index in [4.69, 9.17) is 14.6 Å². The molecule has 0 amide bonds. The molecule has 0 atom stereocenters. The Bertz CT molecular complexity index is 568. The largest absolute Gasteiger partial charge is 0.454 e. The number of benzene rings is 1. The molecule has 1 aliphatic heterocycles. The van der Waals surface area contributed by atoms with Gasteiger partial charge in [0.15, 0.2) is 11.5 Å². The lowest BCUT2D eigenvalue weighted by Gasteiger charge is -2.05. The number of nitrogens with zero attached hydrogens (tertiary/aromatic N) is 2. The molecule has 0 bridgehead atoms. The van der Waals surface area contributed by atoms with Crippen LogP contribution < -0.4 is 14.8 Å². The highest BCUT2D eigenvalue weighted by molar-refractivity contribution is 5.55. The van der Waals surface area contributed by atoms with E-state index in [-0.39, 0.29) is 13.4 Å². The van der Waals surface area contributed by atoms with E-state index in [9.17, 15) is 0 Å². The number of hydrogen-bond donors (Lipinski definition) is 2. The zero-order chi connectivity index (χ0) is 13.1. The fourth-order valence-corrected chi connectivity index (χ4v) is 1.93. The number of aromatic nitrogens is 2. The molecule has 1 aromatic carbocycles. The Hall–Kier alpha value is -2.21. The van der Waals surface area contributed by atoms with Gasteiger partial charge in [-0.3, -0.25) is 4.68 Å². The molecule has 2 aromatic rings. The van der Waals surface area contributed by atoms with Crippen molar-refractivity contribution < 1.29 is 14.6 Å². The topological polar surface area (TPSA) is 68.5 Å². The lowest BCUT2D eigenvalue weighted by atomic mass is 10.2. The first kappa shape index (κ1) is 11.9. The second-order valence-corrected chi connectivity index (χ2v) is 4.26. The SMILES string of the molecule is OCCn1cc(CNc2ccc3c(c2)OCO3)cn1. The van der Waals surface area contributed by atoms with Gasteiger partial charge in [0.2, 0.25) is 6.79 Å². The third kappa shape index (κ3) is 2.63. The molecule has 0 saturated carbocycles. The maximum atomic E-state index is 8.82. The molecule has 1 aromatic heterocycles. The van der Waals surface area contributed by atoms with Crippen molar-refractivity contribution in [3.8, 4) is 11.5 Å². The third-order valence-electron chi connectivity index (χ3n) is 2.89. The zero-order valence-electron chi connectivity index (χ0n) is 10.4. The summed E-state index contributed by atoms with van der Waals surface area (Å²) in [7, 11) is 0. The van der Waals surface area contributed by atoms with Gasteiger partial charge in [-0.05, 0) is 12.1 Å². The summed E-state index contributed by atoms with van der Waals surface area (Å²) in [5.41, 5.74) is 2.03. The van der Waals surface area contributed by atoms with Crippen molar-refractivity contribution >= 4 is 5.69 Å². The molecule has 0 unspecified atom stereocenters. The predicted octanol–water partition coefficient (Wildman–Crippen LogP) is 1.22. The molecule has 6 nitrogen and oxygen atoms in total. The monoisotopic (exact) mass is 261 g/mol. The average Bonchev–Trinajstić information content (AvgIpc) is 3.04. The van der Waals surface area contributed by atoms with Crippen LogP contribution >= 0.6 is 0 Å². The Kier molecular flexibility index (Phi) is 3.24. The minimum absolute atomic E-state index is 0.0940. The van der Waals surface area contributed by atoms with Crippen molar-refractivity contribution in [1.82, 2.24) is 9.78 Å². The first-order valence-electron chi connectivity index (χ1n) is 6.11. The fraction of sp³-hybridized carbons (Fsp3) is 0.308. The molecule has 3 rings (SSSR count). The van der Waals surface area contributed by atoms with Gasteiger partial charge < -0.3 is 19.9 Å². The van der Waals surface area contributed by atoms with Gasteiger partial charge in [0.05, 0.1) is 19.3 Å². The van der Waals surface area contributed by atoms with Crippen molar-refractivity contribution in [3.05, 3.63) is 36.2 Å². The minimum Gasteiger partial charge on any atom is -0.454 e. The summed E-state index contributed by atoms with van der Waals surface area (Å²) in [5.74, 6) is 1.54. The number of aliphatic hydroxyl groups is 1. The maximum absolute atomic E-state index is 8.82. The number of hydrogen-bond acceptors (Lipinski definition) is 5. The van der Waals surface area contributed by atoms with Crippen LogP contribution in [0.25, 0.3) is 0 Å². The van der Waals surface area contributed by atoms with E-state index in [2.05, 4.69) is 10.4 Å². The van der Waals surface area contributed by atoms with Gasteiger partial charge in [-0.1, -0.05) is 0 Å². The number of aliphatic hydroxyl groups excluding tert-OH is 1. The molecule has 100 valence electrons. The molecule has 0 spiro atoms. The second-order valence-electron chi connectivity index (χ2n) is 4.26. The molecular formula is C13H15N3O3. The summed E-state index contributed by atoms with van der Waals surface area (Å²) >= 11 is 0. The summed E-state index contributed by atoms with van der Waals surface area (Å²) in [5, 5.41) is 16.3. The lowest BCUT2D eigenvalue weighted by molar-refractivity contribution is 0.174. The van der Waals surface area contributed by atoms with Crippen LogP contribution in [0.4, 0.5) is 5.69 Å². The fourth-order valence-electron chi connectivity index (χ4n) is 1.93. The summed E-state index contributed by atoms with van der Waals surface area (Å²) in [4.78, 5) is 0. The summed E-state index contributed by atoms with van der Waals surface area (Å²) < 4.78 is 12.3. The van der Waals surface area contributed by atoms with Crippen molar-refractivity contribution in [2.75, 3.05) is 18.7 Å². The van der Waals surface area contributed by atoms with Gasteiger partial charge in [0.1, 0.15) is 0 Å². The number of fused-ring (bicyclic) bond motifs is 1.